The average Bonchev–Trinajstić information content (AvgIpc) is 3.23. The minimum atomic E-state index is -0.359. The van der Waals surface area contributed by atoms with Crippen molar-refractivity contribution in [3.05, 3.63) is 29.0 Å². The zero-order chi connectivity index (χ0) is 17.1. The second-order valence-electron chi connectivity index (χ2n) is 5.94. The number of carbonyl (C=O) groups is 2. The Bertz CT molecular complexity index is 737. The van der Waals surface area contributed by atoms with Gasteiger partial charge < -0.3 is 14.6 Å². The number of likely N-dealkylation sites (tertiary alicyclic amines) is 1. The van der Waals surface area contributed by atoms with E-state index in [-0.39, 0.29) is 24.3 Å². The summed E-state index contributed by atoms with van der Waals surface area (Å²) in [5.74, 6) is 1.42. The Labute approximate surface area is 144 Å². The highest BCUT2D eigenvalue weighted by Gasteiger charge is 2.31. The average molecular weight is 347 g/mol. The largest absolute Gasteiger partial charge is 0.459 e. The molecule has 1 aliphatic heterocycles. The summed E-state index contributed by atoms with van der Waals surface area (Å²) < 4.78 is 5.57. The number of nitrogens with zero attached hydrogens (tertiary/aromatic N) is 2. The molecule has 1 aliphatic rings. The van der Waals surface area contributed by atoms with Crippen molar-refractivity contribution in [1.82, 2.24) is 15.2 Å². The van der Waals surface area contributed by atoms with Gasteiger partial charge >= 0.3 is 0 Å². The summed E-state index contributed by atoms with van der Waals surface area (Å²) in [5, 5.41) is 5.30. The lowest BCUT2D eigenvalue weighted by Crippen LogP contribution is -2.51. The number of hydrogen-bond donors (Lipinski definition) is 1. The van der Waals surface area contributed by atoms with Gasteiger partial charge in [-0.25, -0.2) is 4.98 Å². The molecule has 3 heterocycles. The molecule has 0 saturated carbocycles. The predicted molar refractivity (Wildman–Crippen MR) is 91.7 cm³/mol. The second-order valence-corrected chi connectivity index (χ2v) is 6.80. The number of hydrogen-bond acceptors (Lipinski definition) is 5. The zero-order valence-corrected chi connectivity index (χ0v) is 14.7. The SMILES string of the molecule is CNC(=O)[C@@H]1CCCCN1C(=O)Cc1csc(-c2ccc(C)o2)n1. The van der Waals surface area contributed by atoms with Crippen molar-refractivity contribution >= 4 is 23.2 Å². The van der Waals surface area contributed by atoms with E-state index in [0.717, 1.165) is 41.5 Å². The molecule has 1 fully saturated rings. The van der Waals surface area contributed by atoms with Gasteiger partial charge in [-0.2, -0.15) is 0 Å². The van der Waals surface area contributed by atoms with Gasteiger partial charge in [-0.3, -0.25) is 9.59 Å². The van der Waals surface area contributed by atoms with E-state index < -0.39 is 0 Å². The molecule has 7 heteroatoms. The van der Waals surface area contributed by atoms with E-state index in [1.165, 1.54) is 11.3 Å². The molecule has 128 valence electrons. The molecule has 0 bridgehead atoms. The van der Waals surface area contributed by atoms with E-state index >= 15 is 0 Å². The maximum Gasteiger partial charge on any atom is 0.242 e. The van der Waals surface area contributed by atoms with Gasteiger partial charge in [0, 0.05) is 19.0 Å². The van der Waals surface area contributed by atoms with Crippen LogP contribution in [0.25, 0.3) is 10.8 Å². The van der Waals surface area contributed by atoms with E-state index in [9.17, 15) is 9.59 Å². The maximum atomic E-state index is 12.6. The Balaban J connectivity index is 1.70. The maximum absolute atomic E-state index is 12.6. The molecule has 0 aromatic carbocycles. The topological polar surface area (TPSA) is 75.4 Å². The van der Waals surface area contributed by atoms with Crippen LogP contribution in [-0.2, 0) is 16.0 Å². The van der Waals surface area contributed by atoms with Gasteiger partial charge in [0.1, 0.15) is 11.8 Å². The molecular formula is C17H21N3O3S. The van der Waals surface area contributed by atoms with Gasteiger partial charge in [0.25, 0.3) is 0 Å². The number of rotatable bonds is 4. The molecule has 2 aromatic rings. The van der Waals surface area contributed by atoms with Gasteiger partial charge in [-0.1, -0.05) is 0 Å². The Morgan fingerprint density at radius 2 is 2.25 bits per heavy atom. The Morgan fingerprint density at radius 3 is 2.96 bits per heavy atom. The lowest BCUT2D eigenvalue weighted by Gasteiger charge is -2.34. The minimum Gasteiger partial charge on any atom is -0.459 e. The van der Waals surface area contributed by atoms with Crippen molar-refractivity contribution in [1.29, 1.82) is 0 Å². The molecule has 1 saturated heterocycles. The van der Waals surface area contributed by atoms with Crippen molar-refractivity contribution in [2.75, 3.05) is 13.6 Å². The monoisotopic (exact) mass is 347 g/mol. The molecule has 0 aliphatic carbocycles. The van der Waals surface area contributed by atoms with Crippen LogP contribution >= 0.6 is 11.3 Å². The number of carbonyl (C=O) groups excluding carboxylic acids is 2. The van der Waals surface area contributed by atoms with Crippen molar-refractivity contribution in [2.24, 2.45) is 0 Å². The van der Waals surface area contributed by atoms with Gasteiger partial charge in [-0.05, 0) is 38.3 Å². The number of thiazole rings is 1. The van der Waals surface area contributed by atoms with Crippen LogP contribution in [0, 0.1) is 6.92 Å². The van der Waals surface area contributed by atoms with Crippen LogP contribution in [0.1, 0.15) is 30.7 Å². The third-order valence-electron chi connectivity index (χ3n) is 4.21. The molecule has 0 radical (unpaired) electrons. The van der Waals surface area contributed by atoms with Gasteiger partial charge in [0.05, 0.1) is 12.1 Å². The summed E-state index contributed by atoms with van der Waals surface area (Å²) in [6.45, 7) is 2.52. The van der Waals surface area contributed by atoms with Gasteiger partial charge in [0.15, 0.2) is 10.8 Å². The summed E-state index contributed by atoms with van der Waals surface area (Å²) in [7, 11) is 1.61. The molecule has 0 spiro atoms. The molecule has 1 atom stereocenters. The number of aryl methyl sites for hydroxylation is 1. The normalized spacial score (nSPS) is 17.8. The lowest BCUT2D eigenvalue weighted by molar-refractivity contribution is -0.141. The molecule has 0 unspecified atom stereocenters. The van der Waals surface area contributed by atoms with E-state index in [2.05, 4.69) is 10.3 Å². The highest BCUT2D eigenvalue weighted by molar-refractivity contribution is 7.13. The number of amides is 2. The summed E-state index contributed by atoms with van der Waals surface area (Å²) in [6, 6.07) is 3.41. The van der Waals surface area contributed by atoms with E-state index in [0.29, 0.717) is 6.54 Å². The Morgan fingerprint density at radius 1 is 1.42 bits per heavy atom. The highest BCUT2D eigenvalue weighted by Crippen LogP contribution is 2.26. The summed E-state index contributed by atoms with van der Waals surface area (Å²) >= 11 is 1.46. The first-order valence-corrected chi connectivity index (χ1v) is 8.98. The summed E-state index contributed by atoms with van der Waals surface area (Å²) in [6.07, 6.45) is 2.84. The van der Waals surface area contributed by atoms with Crippen molar-refractivity contribution in [2.45, 2.75) is 38.6 Å². The number of piperidine rings is 1. The molecule has 3 rings (SSSR count). The van der Waals surface area contributed by atoms with Crippen LogP contribution < -0.4 is 5.32 Å². The number of furan rings is 1. The fourth-order valence-electron chi connectivity index (χ4n) is 2.98. The first-order chi connectivity index (χ1) is 11.6. The van der Waals surface area contributed by atoms with Crippen LogP contribution in [0.2, 0.25) is 0 Å². The Kier molecular flexibility index (Phi) is 4.99. The molecular weight excluding hydrogens is 326 g/mol. The fraction of sp³-hybridized carbons (Fsp3) is 0.471. The quantitative estimate of drug-likeness (QED) is 0.921. The van der Waals surface area contributed by atoms with Gasteiger partial charge in [0.2, 0.25) is 11.8 Å². The Hall–Kier alpha value is -2.15. The minimum absolute atomic E-state index is 0.0456. The van der Waals surface area contributed by atoms with Crippen LogP contribution in [0.5, 0.6) is 0 Å². The molecule has 2 amide bonds. The number of nitrogens with one attached hydrogen (secondary N) is 1. The summed E-state index contributed by atoms with van der Waals surface area (Å²) in [5.41, 5.74) is 0.718. The number of likely N-dealkylation sites (N-methyl/N-ethyl adjacent to an activating group) is 1. The second kappa shape index (κ2) is 7.17. The summed E-state index contributed by atoms with van der Waals surface area (Å²) in [4.78, 5) is 30.8. The van der Waals surface area contributed by atoms with E-state index in [4.69, 9.17) is 4.42 Å². The van der Waals surface area contributed by atoms with Crippen LogP contribution in [0.3, 0.4) is 0 Å². The van der Waals surface area contributed by atoms with Crippen LogP contribution in [0.4, 0.5) is 0 Å². The first kappa shape index (κ1) is 16.7. The number of aromatic nitrogens is 1. The molecule has 2 aromatic heterocycles. The van der Waals surface area contributed by atoms with Gasteiger partial charge in [-0.15, -0.1) is 11.3 Å². The van der Waals surface area contributed by atoms with E-state index in [1.54, 1.807) is 11.9 Å². The van der Waals surface area contributed by atoms with Crippen molar-refractivity contribution in [3.63, 3.8) is 0 Å². The van der Waals surface area contributed by atoms with Crippen molar-refractivity contribution < 1.29 is 14.0 Å². The molecule has 24 heavy (non-hydrogen) atoms. The van der Waals surface area contributed by atoms with E-state index in [1.807, 2.05) is 24.4 Å². The zero-order valence-electron chi connectivity index (χ0n) is 13.9. The third kappa shape index (κ3) is 3.51. The first-order valence-electron chi connectivity index (χ1n) is 8.10. The van der Waals surface area contributed by atoms with Crippen LogP contribution in [0.15, 0.2) is 21.9 Å². The molecule has 6 nitrogen and oxygen atoms in total. The van der Waals surface area contributed by atoms with Crippen molar-refractivity contribution in [3.8, 4) is 10.8 Å². The standard InChI is InChI=1S/C17H21N3O3S/c1-11-6-7-14(23-11)17-19-12(10-24-17)9-15(21)20-8-4-3-5-13(20)16(22)18-2/h6-7,10,13H,3-5,8-9H2,1-2H3,(H,18,22)/t13-/m0/s1. The smallest absolute Gasteiger partial charge is 0.242 e. The third-order valence-corrected chi connectivity index (χ3v) is 5.11. The lowest BCUT2D eigenvalue weighted by atomic mass is 10.0. The highest BCUT2D eigenvalue weighted by atomic mass is 32.1. The predicted octanol–water partition coefficient (Wildman–Crippen LogP) is 2.38. The van der Waals surface area contributed by atoms with Crippen LogP contribution in [-0.4, -0.2) is 41.3 Å². The fourth-order valence-corrected chi connectivity index (χ4v) is 3.76. The molecule has 1 N–H and O–H groups in total.